The topological polar surface area (TPSA) is 12.9 Å². The van der Waals surface area contributed by atoms with Crippen molar-refractivity contribution in [3.63, 3.8) is 0 Å². The first kappa shape index (κ1) is 11.7. The van der Waals surface area contributed by atoms with E-state index in [4.69, 9.17) is 4.98 Å². The van der Waals surface area contributed by atoms with Crippen molar-refractivity contribution < 1.29 is 0 Å². The largest absolute Gasteiger partial charge is 0.260 e. The Morgan fingerprint density at radius 1 is 0.900 bits per heavy atom. The van der Waals surface area contributed by atoms with Gasteiger partial charge >= 0.3 is 0 Å². The van der Waals surface area contributed by atoms with Gasteiger partial charge in [-0.25, -0.2) is 0 Å². The SMILES string of the molecule is CC(C)Cc1ncc2cccc3c2c1-c1ccccc1-3. The van der Waals surface area contributed by atoms with E-state index in [9.17, 15) is 0 Å². The molecule has 4 rings (SSSR count). The third kappa shape index (κ3) is 1.53. The van der Waals surface area contributed by atoms with E-state index in [0.29, 0.717) is 5.92 Å². The van der Waals surface area contributed by atoms with Gasteiger partial charge in [0.25, 0.3) is 0 Å². The maximum Gasteiger partial charge on any atom is 0.0491 e. The summed E-state index contributed by atoms with van der Waals surface area (Å²) in [6.07, 6.45) is 3.07. The molecule has 0 unspecified atom stereocenters. The number of nitrogens with zero attached hydrogens (tertiary/aromatic N) is 1. The molecule has 0 fully saturated rings. The molecule has 0 atom stereocenters. The van der Waals surface area contributed by atoms with Gasteiger partial charge in [-0.05, 0) is 29.0 Å². The molecule has 0 saturated carbocycles. The molecular formula is C19H17N. The van der Waals surface area contributed by atoms with Gasteiger partial charge in [0, 0.05) is 28.2 Å². The predicted molar refractivity (Wildman–Crippen MR) is 84.7 cm³/mol. The van der Waals surface area contributed by atoms with Crippen molar-refractivity contribution in [3.8, 4) is 22.3 Å². The Balaban J connectivity index is 2.12. The number of aromatic nitrogens is 1. The van der Waals surface area contributed by atoms with Crippen LogP contribution in [0.4, 0.5) is 0 Å². The number of benzene rings is 2. The minimum absolute atomic E-state index is 0.621. The lowest BCUT2D eigenvalue weighted by molar-refractivity contribution is 0.637. The zero-order valence-corrected chi connectivity index (χ0v) is 11.9. The molecule has 1 heterocycles. The van der Waals surface area contributed by atoms with Crippen LogP contribution in [0.2, 0.25) is 0 Å². The fourth-order valence-corrected chi connectivity index (χ4v) is 3.31. The lowest BCUT2D eigenvalue weighted by Gasteiger charge is -2.11. The fraction of sp³-hybridized carbons (Fsp3) is 0.211. The smallest absolute Gasteiger partial charge is 0.0491 e. The van der Waals surface area contributed by atoms with Gasteiger partial charge < -0.3 is 0 Å². The molecule has 0 bridgehead atoms. The van der Waals surface area contributed by atoms with Gasteiger partial charge in [0.05, 0.1) is 0 Å². The van der Waals surface area contributed by atoms with Crippen LogP contribution in [0.3, 0.4) is 0 Å². The van der Waals surface area contributed by atoms with E-state index >= 15 is 0 Å². The number of fused-ring (bicyclic) bond motifs is 3. The summed E-state index contributed by atoms with van der Waals surface area (Å²) in [5, 5.41) is 2.64. The molecule has 1 aliphatic carbocycles. The van der Waals surface area contributed by atoms with Crippen molar-refractivity contribution in [2.45, 2.75) is 20.3 Å². The normalized spacial score (nSPS) is 12.2. The Morgan fingerprint density at radius 2 is 1.65 bits per heavy atom. The summed E-state index contributed by atoms with van der Waals surface area (Å²) in [7, 11) is 0. The molecule has 0 saturated heterocycles. The zero-order chi connectivity index (χ0) is 13.7. The first-order chi connectivity index (χ1) is 9.75. The second-order valence-corrected chi connectivity index (χ2v) is 5.99. The predicted octanol–water partition coefficient (Wildman–Crippen LogP) is 5.08. The van der Waals surface area contributed by atoms with Crippen molar-refractivity contribution in [1.82, 2.24) is 4.98 Å². The Labute approximate surface area is 119 Å². The van der Waals surface area contributed by atoms with Crippen molar-refractivity contribution >= 4 is 10.8 Å². The molecule has 0 amide bonds. The Morgan fingerprint density at radius 3 is 2.45 bits per heavy atom. The highest BCUT2D eigenvalue weighted by molar-refractivity contribution is 6.15. The highest BCUT2D eigenvalue weighted by Gasteiger charge is 2.24. The summed E-state index contributed by atoms with van der Waals surface area (Å²) in [5.41, 5.74) is 6.67. The zero-order valence-electron chi connectivity index (χ0n) is 11.9. The highest BCUT2D eigenvalue weighted by atomic mass is 14.7. The summed E-state index contributed by atoms with van der Waals surface area (Å²) < 4.78 is 0. The number of hydrogen-bond donors (Lipinski definition) is 0. The molecule has 2 aromatic carbocycles. The number of hydrogen-bond acceptors (Lipinski definition) is 1. The van der Waals surface area contributed by atoms with Crippen LogP contribution in [0, 0.1) is 5.92 Å². The molecule has 98 valence electrons. The van der Waals surface area contributed by atoms with Crippen LogP contribution in [0.1, 0.15) is 19.5 Å². The minimum atomic E-state index is 0.621. The van der Waals surface area contributed by atoms with Gasteiger partial charge in [0.1, 0.15) is 0 Å². The molecule has 0 radical (unpaired) electrons. The Bertz CT molecular complexity index is 815. The van der Waals surface area contributed by atoms with Gasteiger partial charge in [-0.1, -0.05) is 56.3 Å². The average Bonchev–Trinajstić information content (AvgIpc) is 2.79. The maximum atomic E-state index is 4.75. The van der Waals surface area contributed by atoms with Crippen molar-refractivity contribution in [1.29, 1.82) is 0 Å². The third-order valence-corrected chi connectivity index (χ3v) is 4.08. The molecule has 3 aromatic rings. The second-order valence-electron chi connectivity index (χ2n) is 5.99. The molecule has 1 nitrogen and oxygen atoms in total. The van der Waals surface area contributed by atoms with E-state index in [2.05, 4.69) is 56.3 Å². The van der Waals surface area contributed by atoms with Crippen LogP contribution in [0.15, 0.2) is 48.7 Å². The number of pyridine rings is 1. The first-order valence-corrected chi connectivity index (χ1v) is 7.26. The van der Waals surface area contributed by atoms with Crippen LogP contribution in [0.25, 0.3) is 33.0 Å². The first-order valence-electron chi connectivity index (χ1n) is 7.26. The fourth-order valence-electron chi connectivity index (χ4n) is 3.31. The van der Waals surface area contributed by atoms with E-state index < -0.39 is 0 Å². The van der Waals surface area contributed by atoms with Crippen molar-refractivity contribution in [3.05, 3.63) is 54.4 Å². The minimum Gasteiger partial charge on any atom is -0.260 e. The van der Waals surface area contributed by atoms with Gasteiger partial charge in [-0.2, -0.15) is 0 Å². The van der Waals surface area contributed by atoms with Gasteiger partial charge in [-0.15, -0.1) is 0 Å². The average molecular weight is 259 g/mol. The molecule has 1 aromatic heterocycles. The molecule has 0 N–H and O–H groups in total. The maximum absolute atomic E-state index is 4.75. The molecule has 0 aliphatic heterocycles. The van der Waals surface area contributed by atoms with Crippen molar-refractivity contribution in [2.24, 2.45) is 5.92 Å². The van der Waals surface area contributed by atoms with Crippen LogP contribution < -0.4 is 0 Å². The highest BCUT2D eigenvalue weighted by Crippen LogP contribution is 2.48. The summed E-state index contributed by atoms with van der Waals surface area (Å²) in [6, 6.07) is 15.2. The summed E-state index contributed by atoms with van der Waals surface area (Å²) >= 11 is 0. The standard InChI is InChI=1S/C19H17N/c1-12(2)10-17-19-16-8-4-3-7-14(16)15-9-5-6-13(11-20-17)18(15)19/h3-9,11-12H,10H2,1-2H3. The Kier molecular flexibility index (Phi) is 2.43. The lowest BCUT2D eigenvalue weighted by Crippen LogP contribution is -1.99. The quantitative estimate of drug-likeness (QED) is 0.489. The molecule has 1 heteroatoms. The second kappa shape index (κ2) is 4.17. The van der Waals surface area contributed by atoms with Crippen molar-refractivity contribution in [2.75, 3.05) is 0 Å². The monoisotopic (exact) mass is 259 g/mol. The summed E-state index contributed by atoms with van der Waals surface area (Å²) in [4.78, 5) is 4.75. The van der Waals surface area contributed by atoms with Crippen LogP contribution in [0.5, 0.6) is 0 Å². The van der Waals surface area contributed by atoms with Crippen LogP contribution in [-0.4, -0.2) is 4.98 Å². The molecule has 1 aliphatic rings. The van der Waals surface area contributed by atoms with Crippen LogP contribution in [-0.2, 0) is 6.42 Å². The summed E-state index contributed by atoms with van der Waals surface area (Å²) in [6.45, 7) is 4.51. The van der Waals surface area contributed by atoms with E-state index in [1.807, 2.05) is 6.20 Å². The van der Waals surface area contributed by atoms with E-state index in [1.165, 1.54) is 38.7 Å². The summed E-state index contributed by atoms with van der Waals surface area (Å²) in [5.74, 6) is 0.621. The van der Waals surface area contributed by atoms with E-state index in [0.717, 1.165) is 6.42 Å². The van der Waals surface area contributed by atoms with Gasteiger partial charge in [-0.3, -0.25) is 4.98 Å². The Hall–Kier alpha value is -2.15. The molecular weight excluding hydrogens is 242 g/mol. The van der Waals surface area contributed by atoms with E-state index in [1.54, 1.807) is 0 Å². The molecule has 20 heavy (non-hydrogen) atoms. The lowest BCUT2D eigenvalue weighted by atomic mass is 9.97. The molecule has 0 spiro atoms. The van der Waals surface area contributed by atoms with Gasteiger partial charge in [0.15, 0.2) is 0 Å². The number of rotatable bonds is 2. The van der Waals surface area contributed by atoms with Crippen LogP contribution >= 0.6 is 0 Å². The third-order valence-electron chi connectivity index (χ3n) is 4.08. The van der Waals surface area contributed by atoms with E-state index in [-0.39, 0.29) is 0 Å². The van der Waals surface area contributed by atoms with Gasteiger partial charge in [0.2, 0.25) is 0 Å².